The van der Waals surface area contributed by atoms with E-state index in [0.717, 1.165) is 21.8 Å². The van der Waals surface area contributed by atoms with Crippen LogP contribution < -0.4 is 16.4 Å². The maximum atomic E-state index is 12.0. The van der Waals surface area contributed by atoms with Gasteiger partial charge in [0.05, 0.1) is 18.9 Å². The first-order chi connectivity index (χ1) is 20.2. The zero-order chi connectivity index (χ0) is 30.2. The van der Waals surface area contributed by atoms with Gasteiger partial charge in [-0.1, -0.05) is 24.0 Å². The molecule has 15 heteroatoms. The van der Waals surface area contributed by atoms with Crippen LogP contribution in [-0.4, -0.2) is 108 Å². The minimum Gasteiger partial charge on any atom is -0.387 e. The Labute approximate surface area is 246 Å². The maximum Gasteiger partial charge on any atom is 0.237 e. The van der Waals surface area contributed by atoms with Crippen LogP contribution in [0.4, 0.5) is 5.82 Å². The molecule has 1 fully saturated rings. The monoisotopic (exact) mass is 598 g/mol. The molecule has 3 aromatic rings. The van der Waals surface area contributed by atoms with E-state index in [1.807, 2.05) is 30.5 Å². The number of anilines is 1. The van der Waals surface area contributed by atoms with Gasteiger partial charge in [0.15, 0.2) is 29.4 Å². The van der Waals surface area contributed by atoms with Gasteiger partial charge in [0.2, 0.25) is 12.3 Å². The van der Waals surface area contributed by atoms with Crippen LogP contribution in [0.1, 0.15) is 23.8 Å². The van der Waals surface area contributed by atoms with Crippen molar-refractivity contribution < 1.29 is 29.6 Å². The molecule has 0 bridgehead atoms. The molecule has 6 atom stereocenters. The van der Waals surface area contributed by atoms with Crippen molar-refractivity contribution in [3.05, 3.63) is 48.0 Å². The van der Waals surface area contributed by atoms with Gasteiger partial charge in [-0.15, -0.1) is 0 Å². The summed E-state index contributed by atoms with van der Waals surface area (Å²) in [6.45, 7) is 0.586. The number of hydrogen-bond acceptors (Lipinski definition) is 12. The third-order valence-corrected chi connectivity index (χ3v) is 7.37. The van der Waals surface area contributed by atoms with Crippen molar-refractivity contribution in [2.75, 3.05) is 30.9 Å². The van der Waals surface area contributed by atoms with E-state index in [1.165, 1.54) is 24.3 Å². The Hall–Kier alpha value is -3.78. The number of thioether (sulfide) groups is 1. The highest BCUT2D eigenvalue weighted by molar-refractivity contribution is 7.98. The number of rotatable bonds is 12. The molecule has 0 aliphatic carbocycles. The van der Waals surface area contributed by atoms with E-state index in [4.69, 9.17) is 10.5 Å². The number of imidazole rings is 1. The van der Waals surface area contributed by atoms with Gasteiger partial charge in [0.1, 0.15) is 24.6 Å². The lowest BCUT2D eigenvalue weighted by Crippen LogP contribution is -2.46. The second kappa shape index (κ2) is 14.4. The Morgan fingerprint density at radius 1 is 1.31 bits per heavy atom. The number of carbonyl (C=O) groups is 2. The first kappa shape index (κ1) is 31.2. The molecule has 7 N–H and O–H groups in total. The molecule has 4 rings (SSSR count). The van der Waals surface area contributed by atoms with Gasteiger partial charge in [-0.25, -0.2) is 15.0 Å². The molecule has 1 unspecified atom stereocenters. The molecule has 2 amide bonds. The summed E-state index contributed by atoms with van der Waals surface area (Å²) in [4.78, 5) is 36.9. The predicted molar refractivity (Wildman–Crippen MR) is 156 cm³/mol. The number of hydrogen-bond donors (Lipinski definition) is 6. The van der Waals surface area contributed by atoms with E-state index in [0.29, 0.717) is 36.4 Å². The van der Waals surface area contributed by atoms with Gasteiger partial charge >= 0.3 is 0 Å². The van der Waals surface area contributed by atoms with Crippen LogP contribution in [0.3, 0.4) is 0 Å². The number of nitrogens with one attached hydrogen (secondary N) is 2. The van der Waals surface area contributed by atoms with Crippen molar-refractivity contribution in [1.29, 1.82) is 0 Å². The minimum absolute atomic E-state index is 0.194. The average Bonchev–Trinajstić information content (AvgIpc) is 3.56. The number of aliphatic hydroxyl groups excluding tert-OH is 3. The standard InChI is InChI=1S/C27H34N8O6S/c1-34(15-36)26(40)22-20(37)21(38)27(41-22)35-14-33-19-23(31-13-32-24(19)35)30-12-17-6-3-5-16(11-17)7-4-9-29-25(39)18(28)8-10-42-2/h3,5-6,11,13-15,18,20-22,26-27,37-38,40H,8-10,12,28H2,1-2H3,(H,29,39)(H,30,31,32)/t18-,20-,21+,22-,26?,27+/m0/s1. The quantitative estimate of drug-likeness (QED) is 0.0846. The summed E-state index contributed by atoms with van der Waals surface area (Å²) in [6.07, 6.45) is -1.00. The van der Waals surface area contributed by atoms with Crippen LogP contribution in [0.25, 0.3) is 11.2 Å². The summed E-state index contributed by atoms with van der Waals surface area (Å²) in [5.74, 6) is 7.01. The molecule has 2 aromatic heterocycles. The number of likely N-dealkylation sites (N-methyl/N-ethyl adjacent to an activating group) is 1. The number of carbonyl (C=O) groups excluding carboxylic acids is 2. The third kappa shape index (κ3) is 7.16. The van der Waals surface area contributed by atoms with Gasteiger partial charge in [0.25, 0.3) is 0 Å². The fraction of sp³-hybridized carbons (Fsp3) is 0.444. The van der Waals surface area contributed by atoms with Gasteiger partial charge in [0, 0.05) is 19.2 Å². The van der Waals surface area contributed by atoms with Crippen molar-refractivity contribution >= 4 is 41.1 Å². The van der Waals surface area contributed by atoms with E-state index in [2.05, 4.69) is 37.4 Å². The second-order valence-corrected chi connectivity index (χ2v) is 10.7. The van der Waals surface area contributed by atoms with Gasteiger partial charge in [-0.2, -0.15) is 11.8 Å². The van der Waals surface area contributed by atoms with E-state index in [9.17, 15) is 24.9 Å². The Morgan fingerprint density at radius 2 is 2.12 bits per heavy atom. The van der Waals surface area contributed by atoms with Gasteiger partial charge in [-0.05, 0) is 36.1 Å². The number of aromatic nitrogens is 4. The summed E-state index contributed by atoms with van der Waals surface area (Å²) < 4.78 is 7.17. The molecule has 0 radical (unpaired) electrons. The van der Waals surface area contributed by atoms with Crippen LogP contribution in [0.15, 0.2) is 36.9 Å². The van der Waals surface area contributed by atoms with Gasteiger partial charge in [-0.3, -0.25) is 14.2 Å². The summed E-state index contributed by atoms with van der Waals surface area (Å²) in [5.41, 5.74) is 8.29. The number of amides is 2. The molecule has 1 saturated heterocycles. The average molecular weight is 599 g/mol. The highest BCUT2D eigenvalue weighted by Gasteiger charge is 2.48. The van der Waals surface area contributed by atoms with Crippen LogP contribution in [-0.2, 0) is 20.9 Å². The smallest absolute Gasteiger partial charge is 0.237 e. The third-order valence-electron chi connectivity index (χ3n) is 6.73. The maximum absolute atomic E-state index is 12.0. The normalized spacial score (nSPS) is 21.3. The Kier molecular flexibility index (Phi) is 10.7. The van der Waals surface area contributed by atoms with E-state index in [1.54, 1.807) is 11.8 Å². The van der Waals surface area contributed by atoms with Gasteiger partial charge < -0.3 is 41.3 Å². The number of nitrogens with two attached hydrogens (primary N) is 1. The Morgan fingerprint density at radius 3 is 2.88 bits per heavy atom. The molecular weight excluding hydrogens is 564 g/mol. The molecule has 0 saturated carbocycles. The van der Waals surface area contributed by atoms with Crippen LogP contribution in [0.2, 0.25) is 0 Å². The fourth-order valence-corrected chi connectivity index (χ4v) is 4.84. The molecule has 42 heavy (non-hydrogen) atoms. The highest BCUT2D eigenvalue weighted by atomic mass is 32.2. The highest BCUT2D eigenvalue weighted by Crippen LogP contribution is 2.34. The van der Waals surface area contributed by atoms with Crippen molar-refractivity contribution in [2.24, 2.45) is 5.73 Å². The van der Waals surface area contributed by atoms with Crippen molar-refractivity contribution in [3.63, 3.8) is 0 Å². The summed E-state index contributed by atoms with van der Waals surface area (Å²) >= 11 is 1.64. The zero-order valence-electron chi connectivity index (χ0n) is 23.1. The van der Waals surface area contributed by atoms with Crippen LogP contribution in [0.5, 0.6) is 0 Å². The van der Waals surface area contributed by atoms with Crippen LogP contribution in [0, 0.1) is 11.8 Å². The van der Waals surface area contributed by atoms with E-state index >= 15 is 0 Å². The number of nitrogens with zero attached hydrogens (tertiary/aromatic N) is 5. The Balaban J connectivity index is 1.40. The number of ether oxygens (including phenoxy) is 1. The topological polar surface area (TPSA) is 201 Å². The zero-order valence-corrected chi connectivity index (χ0v) is 23.9. The molecule has 3 heterocycles. The summed E-state index contributed by atoms with van der Waals surface area (Å²) in [5, 5.41) is 37.4. The molecule has 0 spiro atoms. The summed E-state index contributed by atoms with van der Waals surface area (Å²) in [7, 11) is 1.33. The molecule has 1 aromatic carbocycles. The number of aliphatic hydroxyl groups is 3. The van der Waals surface area contributed by atoms with Crippen molar-refractivity contribution in [3.8, 4) is 11.8 Å². The first-order valence-corrected chi connectivity index (χ1v) is 14.5. The summed E-state index contributed by atoms with van der Waals surface area (Å²) in [6, 6.07) is 7.03. The number of benzene rings is 1. The molecular formula is C27H34N8O6S. The lowest BCUT2D eigenvalue weighted by atomic mass is 10.1. The van der Waals surface area contributed by atoms with E-state index < -0.39 is 36.8 Å². The van der Waals surface area contributed by atoms with E-state index in [-0.39, 0.29) is 12.5 Å². The van der Waals surface area contributed by atoms with Crippen molar-refractivity contribution in [1.82, 2.24) is 29.7 Å². The second-order valence-electron chi connectivity index (χ2n) is 9.66. The van der Waals surface area contributed by atoms with Crippen molar-refractivity contribution in [2.45, 2.75) is 49.8 Å². The largest absolute Gasteiger partial charge is 0.387 e. The lowest BCUT2D eigenvalue weighted by molar-refractivity contribution is -0.149. The first-order valence-electron chi connectivity index (χ1n) is 13.1. The predicted octanol–water partition coefficient (Wildman–Crippen LogP) is -0.988. The molecule has 1 aliphatic heterocycles. The SMILES string of the molecule is CSCC[C@H](N)C(=O)NCC#Cc1cccc(CNc2ncnc3c2ncn3[C@@H]2O[C@H](C(O)N(C)C=O)[C@@H](O)[C@H]2O)c1. The number of fused-ring (bicyclic) bond motifs is 1. The molecule has 1 aliphatic rings. The molecule has 224 valence electrons. The van der Waals surface area contributed by atoms with Crippen LogP contribution >= 0.6 is 11.8 Å². The molecule has 14 nitrogen and oxygen atoms in total. The minimum atomic E-state index is -1.47. The Bertz CT molecular complexity index is 1440. The fourth-order valence-electron chi connectivity index (χ4n) is 4.35. The lowest BCUT2D eigenvalue weighted by Gasteiger charge is -2.26.